The fourth-order valence-electron chi connectivity index (χ4n) is 4.94. The third-order valence-corrected chi connectivity index (χ3v) is 9.86. The van der Waals surface area contributed by atoms with Crippen molar-refractivity contribution in [2.24, 2.45) is 0 Å². The Bertz CT molecular complexity index is 1720. The molecular formula is C36H40ClN3O5S. The molecule has 4 rings (SSSR count). The van der Waals surface area contributed by atoms with Gasteiger partial charge in [0.15, 0.2) is 0 Å². The van der Waals surface area contributed by atoms with E-state index in [1.165, 1.54) is 30.2 Å². The molecule has 46 heavy (non-hydrogen) atoms. The summed E-state index contributed by atoms with van der Waals surface area (Å²) in [6, 6.07) is 28.5. The first-order chi connectivity index (χ1) is 22.0. The van der Waals surface area contributed by atoms with E-state index in [4.69, 9.17) is 16.3 Å². The monoisotopic (exact) mass is 661 g/mol. The summed E-state index contributed by atoms with van der Waals surface area (Å²) < 4.78 is 34.6. The Kier molecular flexibility index (Phi) is 11.8. The third kappa shape index (κ3) is 8.68. The van der Waals surface area contributed by atoms with Gasteiger partial charge in [0.2, 0.25) is 11.8 Å². The van der Waals surface area contributed by atoms with E-state index in [1.54, 1.807) is 30.3 Å². The third-order valence-electron chi connectivity index (χ3n) is 7.78. The number of hydrogen-bond donors (Lipinski definition) is 1. The second kappa shape index (κ2) is 15.8. The van der Waals surface area contributed by atoms with Crippen LogP contribution in [-0.4, -0.2) is 50.9 Å². The van der Waals surface area contributed by atoms with Crippen molar-refractivity contribution in [3.63, 3.8) is 0 Å². The number of ether oxygens (including phenoxy) is 1. The number of sulfonamides is 1. The van der Waals surface area contributed by atoms with Crippen LogP contribution < -0.4 is 14.4 Å². The van der Waals surface area contributed by atoms with E-state index in [1.807, 2.05) is 75.4 Å². The molecule has 8 nitrogen and oxygen atoms in total. The van der Waals surface area contributed by atoms with Gasteiger partial charge in [-0.3, -0.25) is 13.9 Å². The molecule has 0 saturated heterocycles. The van der Waals surface area contributed by atoms with Gasteiger partial charge in [0.05, 0.1) is 22.7 Å². The number of carbonyl (C=O) groups excluding carboxylic acids is 2. The molecule has 242 valence electrons. The van der Waals surface area contributed by atoms with Gasteiger partial charge in [-0.25, -0.2) is 8.42 Å². The van der Waals surface area contributed by atoms with E-state index < -0.39 is 28.5 Å². The lowest BCUT2D eigenvalue weighted by molar-refractivity contribution is -0.140. The molecule has 10 heteroatoms. The molecule has 0 aliphatic carbocycles. The minimum absolute atomic E-state index is 0.00942. The minimum atomic E-state index is -4.24. The highest BCUT2D eigenvalue weighted by Crippen LogP contribution is 2.32. The zero-order chi connectivity index (χ0) is 33.3. The predicted molar refractivity (Wildman–Crippen MR) is 183 cm³/mol. The molecule has 4 aromatic carbocycles. The molecule has 0 radical (unpaired) electrons. The van der Waals surface area contributed by atoms with Gasteiger partial charge >= 0.3 is 0 Å². The van der Waals surface area contributed by atoms with Gasteiger partial charge in [-0.2, -0.15) is 0 Å². The molecule has 0 heterocycles. The molecule has 1 N–H and O–H groups in total. The van der Waals surface area contributed by atoms with Crippen molar-refractivity contribution >= 4 is 39.1 Å². The summed E-state index contributed by atoms with van der Waals surface area (Å²) >= 11 is 6.44. The molecule has 0 fully saturated rings. The molecule has 0 unspecified atom stereocenters. The summed E-state index contributed by atoms with van der Waals surface area (Å²) in [6.45, 7) is 5.36. The Hall–Kier alpha value is -4.34. The van der Waals surface area contributed by atoms with Crippen LogP contribution in [0.4, 0.5) is 5.69 Å². The molecule has 2 amide bonds. The maximum Gasteiger partial charge on any atom is 0.264 e. The summed E-state index contributed by atoms with van der Waals surface area (Å²) in [5.74, 6) is -0.504. The highest BCUT2D eigenvalue weighted by molar-refractivity contribution is 7.92. The number of nitrogens with one attached hydrogen (secondary N) is 1. The molecule has 0 aromatic heterocycles. The molecule has 0 saturated carbocycles. The topological polar surface area (TPSA) is 96.0 Å². The SMILES string of the molecule is CC[C@H](C)NC(=O)[C@@H](Cc1ccccc1)N(Cc1ccc(C)cc1)C(=O)CN(c1ccc(OC)c(Cl)c1)S(=O)(=O)c1ccccc1. The average Bonchev–Trinajstić information content (AvgIpc) is 3.06. The molecule has 0 spiro atoms. The summed E-state index contributed by atoms with van der Waals surface area (Å²) in [5, 5.41) is 3.23. The van der Waals surface area contributed by atoms with Crippen LogP contribution in [0.15, 0.2) is 108 Å². The van der Waals surface area contributed by atoms with Crippen molar-refractivity contribution < 1.29 is 22.7 Å². The number of amides is 2. The lowest BCUT2D eigenvalue weighted by Gasteiger charge is -2.34. The van der Waals surface area contributed by atoms with E-state index in [-0.39, 0.29) is 40.5 Å². The van der Waals surface area contributed by atoms with E-state index in [9.17, 15) is 18.0 Å². The van der Waals surface area contributed by atoms with Crippen molar-refractivity contribution in [2.75, 3.05) is 18.0 Å². The number of anilines is 1. The van der Waals surface area contributed by atoms with Crippen LogP contribution in [0.1, 0.15) is 37.0 Å². The van der Waals surface area contributed by atoms with Gasteiger partial charge in [0, 0.05) is 19.0 Å². The largest absolute Gasteiger partial charge is 0.495 e. The Balaban J connectivity index is 1.82. The molecular weight excluding hydrogens is 622 g/mol. The molecule has 2 atom stereocenters. The first kappa shape index (κ1) is 34.5. The lowest BCUT2D eigenvalue weighted by Crippen LogP contribution is -2.54. The number of hydrogen-bond acceptors (Lipinski definition) is 5. The smallest absolute Gasteiger partial charge is 0.264 e. The highest BCUT2D eigenvalue weighted by atomic mass is 35.5. The second-order valence-electron chi connectivity index (χ2n) is 11.2. The second-order valence-corrected chi connectivity index (χ2v) is 13.4. The molecule has 0 aliphatic heterocycles. The van der Waals surface area contributed by atoms with E-state index in [0.29, 0.717) is 12.2 Å². The lowest BCUT2D eigenvalue weighted by atomic mass is 10.0. The minimum Gasteiger partial charge on any atom is -0.495 e. The Labute approximate surface area is 277 Å². The van der Waals surface area contributed by atoms with Crippen LogP contribution in [0.2, 0.25) is 5.02 Å². The summed E-state index contributed by atoms with van der Waals surface area (Å²) in [6.07, 6.45) is 0.942. The van der Waals surface area contributed by atoms with Gasteiger partial charge in [-0.15, -0.1) is 0 Å². The van der Waals surface area contributed by atoms with Crippen molar-refractivity contribution in [1.82, 2.24) is 10.2 Å². The highest BCUT2D eigenvalue weighted by Gasteiger charge is 2.35. The number of benzene rings is 4. The quantitative estimate of drug-likeness (QED) is 0.169. The number of carbonyl (C=O) groups is 2. The average molecular weight is 662 g/mol. The predicted octanol–water partition coefficient (Wildman–Crippen LogP) is 6.41. The van der Waals surface area contributed by atoms with Crippen LogP contribution in [0.25, 0.3) is 0 Å². The number of nitrogens with zero attached hydrogens (tertiary/aromatic N) is 2. The number of rotatable bonds is 14. The Morgan fingerprint density at radius 3 is 2.11 bits per heavy atom. The zero-order valence-electron chi connectivity index (χ0n) is 26.5. The van der Waals surface area contributed by atoms with Gasteiger partial charge in [0.1, 0.15) is 18.3 Å². The first-order valence-corrected chi connectivity index (χ1v) is 17.0. The standard InChI is InChI=1S/C36H40ClN3O5S/c1-5-27(3)38-36(42)33(22-28-12-8-6-9-13-28)39(24-29-18-16-26(2)17-19-29)35(41)25-40(30-20-21-34(45-4)32(37)23-30)46(43,44)31-14-10-7-11-15-31/h6-21,23,27,33H,5,22,24-25H2,1-4H3,(H,38,42)/t27-,33+/m0/s1. The van der Waals surface area contributed by atoms with Crippen molar-refractivity contribution in [1.29, 1.82) is 0 Å². The summed E-state index contributed by atoms with van der Waals surface area (Å²) in [5.41, 5.74) is 2.90. The normalized spacial score (nSPS) is 12.5. The number of methoxy groups -OCH3 is 1. The van der Waals surface area contributed by atoms with E-state index in [0.717, 1.165) is 21.0 Å². The van der Waals surface area contributed by atoms with Crippen molar-refractivity contribution in [2.45, 2.75) is 57.1 Å². The van der Waals surface area contributed by atoms with Crippen molar-refractivity contribution in [3.05, 3.63) is 125 Å². The van der Waals surface area contributed by atoms with Crippen LogP contribution in [0, 0.1) is 6.92 Å². The maximum absolute atomic E-state index is 14.6. The van der Waals surface area contributed by atoms with E-state index >= 15 is 0 Å². The Morgan fingerprint density at radius 1 is 0.891 bits per heavy atom. The van der Waals surface area contributed by atoms with E-state index in [2.05, 4.69) is 5.32 Å². The van der Waals surface area contributed by atoms with Crippen LogP contribution in [-0.2, 0) is 32.6 Å². The molecule has 4 aromatic rings. The number of halogens is 1. The first-order valence-electron chi connectivity index (χ1n) is 15.1. The van der Waals surface area contributed by atoms with Gasteiger partial charge in [-0.05, 0) is 61.7 Å². The summed E-state index contributed by atoms with van der Waals surface area (Å²) in [7, 11) is -2.78. The fourth-order valence-corrected chi connectivity index (χ4v) is 6.62. The van der Waals surface area contributed by atoms with Gasteiger partial charge in [0.25, 0.3) is 10.0 Å². The molecule has 0 bridgehead atoms. The zero-order valence-corrected chi connectivity index (χ0v) is 28.1. The van der Waals surface area contributed by atoms with Crippen LogP contribution >= 0.6 is 11.6 Å². The molecule has 0 aliphatic rings. The summed E-state index contributed by atoms with van der Waals surface area (Å²) in [4.78, 5) is 30.0. The van der Waals surface area contributed by atoms with Crippen molar-refractivity contribution in [3.8, 4) is 5.75 Å². The maximum atomic E-state index is 14.6. The number of aryl methyl sites for hydroxylation is 1. The Morgan fingerprint density at radius 2 is 1.52 bits per heavy atom. The fraction of sp³-hybridized carbons (Fsp3) is 0.278. The van der Waals surface area contributed by atoms with Crippen LogP contribution in [0.3, 0.4) is 0 Å². The van der Waals surface area contributed by atoms with Gasteiger partial charge < -0.3 is 15.0 Å². The van der Waals surface area contributed by atoms with Crippen LogP contribution in [0.5, 0.6) is 5.75 Å². The van der Waals surface area contributed by atoms with Gasteiger partial charge in [-0.1, -0.05) is 96.9 Å².